The fraction of sp³-hybridized carbons (Fsp3) is 0.619. The third kappa shape index (κ3) is 4.25. The van der Waals surface area contributed by atoms with Crippen LogP contribution in [0.1, 0.15) is 38.5 Å². The van der Waals surface area contributed by atoms with Crippen molar-refractivity contribution in [2.45, 2.75) is 38.5 Å². The van der Waals surface area contributed by atoms with Crippen molar-refractivity contribution in [3.8, 4) is 0 Å². The van der Waals surface area contributed by atoms with Crippen LogP contribution < -0.4 is 10.6 Å². The van der Waals surface area contributed by atoms with Crippen LogP contribution >= 0.6 is 0 Å². The van der Waals surface area contributed by atoms with Crippen LogP contribution in [-0.2, 0) is 4.79 Å². The van der Waals surface area contributed by atoms with Crippen LogP contribution in [0, 0.1) is 29.5 Å². The van der Waals surface area contributed by atoms with Crippen LogP contribution in [0.25, 0.3) is 0 Å². The maximum absolute atomic E-state index is 13.2. The van der Waals surface area contributed by atoms with E-state index in [0.29, 0.717) is 24.1 Å². The van der Waals surface area contributed by atoms with Crippen molar-refractivity contribution < 1.29 is 14.0 Å². The van der Waals surface area contributed by atoms with Gasteiger partial charge in [-0.05, 0) is 68.1 Å². The highest BCUT2D eigenvalue weighted by Gasteiger charge is 2.44. The lowest BCUT2D eigenvalue weighted by molar-refractivity contribution is -0.139. The molecule has 0 aromatic heterocycles. The lowest BCUT2D eigenvalue weighted by Gasteiger charge is -2.36. The zero-order chi connectivity index (χ0) is 18.8. The number of urea groups is 1. The molecule has 0 radical (unpaired) electrons. The molecule has 3 fully saturated rings. The molecule has 1 aromatic carbocycles. The minimum absolute atomic E-state index is 0.242. The molecule has 2 aliphatic carbocycles. The second kappa shape index (κ2) is 7.87. The number of carbonyl (C=O) groups excluding carboxylic acids is 2. The van der Waals surface area contributed by atoms with Crippen molar-refractivity contribution in [3.63, 3.8) is 0 Å². The number of amides is 3. The smallest absolute Gasteiger partial charge is 0.319 e. The van der Waals surface area contributed by atoms with Gasteiger partial charge in [0.25, 0.3) is 0 Å². The Kier molecular flexibility index (Phi) is 5.32. The van der Waals surface area contributed by atoms with Crippen LogP contribution in [0.3, 0.4) is 0 Å². The highest BCUT2D eigenvalue weighted by molar-refractivity contribution is 5.89. The molecule has 3 aliphatic rings. The van der Waals surface area contributed by atoms with E-state index < -0.39 is 0 Å². The molecule has 146 valence electrons. The number of anilines is 1. The van der Waals surface area contributed by atoms with Gasteiger partial charge in [-0.15, -0.1) is 0 Å². The number of halogens is 1. The Morgan fingerprint density at radius 3 is 2.81 bits per heavy atom. The fourth-order valence-corrected chi connectivity index (χ4v) is 5.19. The van der Waals surface area contributed by atoms with Gasteiger partial charge in [-0.2, -0.15) is 0 Å². The fourth-order valence-electron chi connectivity index (χ4n) is 5.19. The maximum atomic E-state index is 13.2. The molecule has 1 aliphatic heterocycles. The van der Waals surface area contributed by atoms with E-state index in [1.165, 1.54) is 31.4 Å². The highest BCUT2D eigenvalue weighted by Crippen LogP contribution is 2.49. The van der Waals surface area contributed by atoms with E-state index in [2.05, 4.69) is 10.6 Å². The van der Waals surface area contributed by atoms with Crippen LogP contribution in [-0.4, -0.2) is 36.5 Å². The topological polar surface area (TPSA) is 61.4 Å². The first-order chi connectivity index (χ1) is 13.1. The number of piperidine rings is 1. The molecule has 1 saturated heterocycles. The van der Waals surface area contributed by atoms with Gasteiger partial charge < -0.3 is 15.5 Å². The average Bonchev–Trinajstić information content (AvgIpc) is 3.29. The predicted octanol–water partition coefficient (Wildman–Crippen LogP) is 3.62. The van der Waals surface area contributed by atoms with Crippen molar-refractivity contribution in [1.29, 1.82) is 0 Å². The zero-order valence-electron chi connectivity index (χ0n) is 15.6. The largest absolute Gasteiger partial charge is 0.342 e. The van der Waals surface area contributed by atoms with Crippen LogP contribution in [0.2, 0.25) is 0 Å². The number of hydrogen-bond donors (Lipinski definition) is 2. The normalized spacial score (nSPS) is 29.6. The summed E-state index contributed by atoms with van der Waals surface area (Å²) in [7, 11) is 0. The standard InChI is InChI=1S/C21H28FN3O2/c22-17-4-1-5-18(11-17)24-21(27)23-12-15-3-2-8-25(13-15)20(26)19-10-14-6-7-16(19)9-14/h1,4-5,11,14-16,19H,2-3,6-10,12-13H2,(H2,23,24,27)/t14-,15+,16-,19+/m0/s1. The number of benzene rings is 1. The van der Waals surface area contributed by atoms with E-state index in [4.69, 9.17) is 0 Å². The molecule has 2 bridgehead atoms. The van der Waals surface area contributed by atoms with Crippen molar-refractivity contribution in [3.05, 3.63) is 30.1 Å². The summed E-state index contributed by atoms with van der Waals surface area (Å²) in [5.74, 6) is 1.87. The Morgan fingerprint density at radius 1 is 1.19 bits per heavy atom. The van der Waals surface area contributed by atoms with Gasteiger partial charge in [-0.25, -0.2) is 9.18 Å². The second-order valence-electron chi connectivity index (χ2n) is 8.42. The Bertz CT molecular complexity index is 710. The summed E-state index contributed by atoms with van der Waals surface area (Å²) in [5, 5.41) is 5.51. The molecule has 4 rings (SSSR count). The summed E-state index contributed by atoms with van der Waals surface area (Å²) < 4.78 is 13.2. The number of nitrogens with zero attached hydrogens (tertiary/aromatic N) is 1. The van der Waals surface area contributed by atoms with Crippen LogP contribution in [0.15, 0.2) is 24.3 Å². The molecule has 2 N–H and O–H groups in total. The van der Waals surface area contributed by atoms with Crippen LogP contribution in [0.4, 0.5) is 14.9 Å². The van der Waals surface area contributed by atoms with Crippen molar-refractivity contribution in [1.82, 2.24) is 10.2 Å². The van der Waals surface area contributed by atoms with E-state index in [-0.39, 0.29) is 23.7 Å². The highest BCUT2D eigenvalue weighted by atomic mass is 19.1. The van der Waals surface area contributed by atoms with Gasteiger partial charge >= 0.3 is 6.03 Å². The number of hydrogen-bond acceptors (Lipinski definition) is 2. The summed E-state index contributed by atoms with van der Waals surface area (Å²) >= 11 is 0. The van der Waals surface area contributed by atoms with Gasteiger partial charge in [0.2, 0.25) is 5.91 Å². The number of fused-ring (bicyclic) bond motifs is 2. The molecule has 2 saturated carbocycles. The molecule has 3 amide bonds. The third-order valence-electron chi connectivity index (χ3n) is 6.52. The van der Waals surface area contributed by atoms with Gasteiger partial charge in [-0.3, -0.25) is 4.79 Å². The first-order valence-corrected chi connectivity index (χ1v) is 10.2. The number of carbonyl (C=O) groups is 2. The van der Waals surface area contributed by atoms with Gasteiger partial charge in [0, 0.05) is 31.2 Å². The van der Waals surface area contributed by atoms with Crippen molar-refractivity contribution >= 4 is 17.6 Å². The first-order valence-electron chi connectivity index (χ1n) is 10.2. The number of nitrogens with one attached hydrogen (secondary N) is 2. The molecule has 1 heterocycles. The molecular weight excluding hydrogens is 345 g/mol. The Labute approximate surface area is 159 Å². The molecule has 4 atom stereocenters. The Balaban J connectivity index is 1.25. The Morgan fingerprint density at radius 2 is 2.07 bits per heavy atom. The molecule has 5 nitrogen and oxygen atoms in total. The summed E-state index contributed by atoms with van der Waals surface area (Å²) in [4.78, 5) is 27.0. The van der Waals surface area contributed by atoms with E-state index in [9.17, 15) is 14.0 Å². The average molecular weight is 373 g/mol. The zero-order valence-corrected chi connectivity index (χ0v) is 15.6. The third-order valence-corrected chi connectivity index (χ3v) is 6.52. The monoisotopic (exact) mass is 373 g/mol. The molecule has 6 heteroatoms. The van der Waals surface area contributed by atoms with Crippen LogP contribution in [0.5, 0.6) is 0 Å². The summed E-state index contributed by atoms with van der Waals surface area (Å²) in [6, 6.07) is 5.50. The lowest BCUT2D eigenvalue weighted by Crippen LogP contribution is -2.47. The molecule has 27 heavy (non-hydrogen) atoms. The van der Waals surface area contributed by atoms with Gasteiger partial charge in [0.05, 0.1) is 0 Å². The van der Waals surface area contributed by atoms with Crippen molar-refractivity contribution in [2.75, 3.05) is 25.0 Å². The van der Waals surface area contributed by atoms with Gasteiger partial charge in [0.15, 0.2) is 0 Å². The van der Waals surface area contributed by atoms with E-state index in [1.807, 2.05) is 4.90 Å². The SMILES string of the molecule is O=C(NC[C@H]1CCCN(C(=O)[C@@H]2C[C@H]3CC[C@H]2C3)C1)Nc1cccc(F)c1. The lowest BCUT2D eigenvalue weighted by atomic mass is 9.86. The quantitative estimate of drug-likeness (QED) is 0.847. The summed E-state index contributed by atoms with van der Waals surface area (Å²) in [6.45, 7) is 2.10. The van der Waals surface area contributed by atoms with E-state index >= 15 is 0 Å². The maximum Gasteiger partial charge on any atom is 0.319 e. The predicted molar refractivity (Wildman–Crippen MR) is 102 cm³/mol. The van der Waals surface area contributed by atoms with Gasteiger partial charge in [0.1, 0.15) is 5.82 Å². The molecule has 0 spiro atoms. The first kappa shape index (κ1) is 18.3. The minimum atomic E-state index is -0.380. The number of rotatable bonds is 4. The van der Waals surface area contributed by atoms with Crippen molar-refractivity contribution in [2.24, 2.45) is 23.7 Å². The molecule has 0 unspecified atom stereocenters. The summed E-state index contributed by atoms with van der Waals surface area (Å²) in [6.07, 6.45) is 6.86. The minimum Gasteiger partial charge on any atom is -0.342 e. The summed E-state index contributed by atoms with van der Waals surface area (Å²) in [5.41, 5.74) is 0.434. The molecular formula is C21H28FN3O2. The van der Waals surface area contributed by atoms with E-state index in [0.717, 1.165) is 38.3 Å². The van der Waals surface area contributed by atoms with Gasteiger partial charge in [-0.1, -0.05) is 12.5 Å². The van der Waals surface area contributed by atoms with E-state index in [1.54, 1.807) is 12.1 Å². The Hall–Kier alpha value is -2.11. The second-order valence-corrected chi connectivity index (χ2v) is 8.42. The number of likely N-dealkylation sites (tertiary alicyclic amines) is 1. The molecule has 1 aromatic rings.